The second-order valence-electron chi connectivity index (χ2n) is 3.40. The molecule has 0 saturated carbocycles. The Morgan fingerprint density at radius 2 is 2.07 bits per heavy atom. The maximum atomic E-state index is 12.4. The van der Waals surface area contributed by atoms with Gasteiger partial charge < -0.3 is 5.32 Å². The molecular formula is C7H15ClF2N2O2S. The van der Waals surface area contributed by atoms with Gasteiger partial charge in [0.1, 0.15) is 0 Å². The SMILES string of the molecule is CNS(=O)(=O)CC1CNCC1C(F)F.Cl. The molecule has 92 valence electrons. The van der Waals surface area contributed by atoms with Crippen LogP contribution in [0.4, 0.5) is 8.78 Å². The van der Waals surface area contributed by atoms with Gasteiger partial charge in [0.25, 0.3) is 0 Å². The number of sulfonamides is 1. The quantitative estimate of drug-likeness (QED) is 0.755. The van der Waals surface area contributed by atoms with Crippen LogP contribution in [0.2, 0.25) is 0 Å². The summed E-state index contributed by atoms with van der Waals surface area (Å²) in [5, 5.41) is 2.78. The van der Waals surface area contributed by atoms with E-state index >= 15 is 0 Å². The van der Waals surface area contributed by atoms with Crippen LogP contribution in [0, 0.1) is 11.8 Å². The first kappa shape index (κ1) is 15.0. The van der Waals surface area contributed by atoms with Crippen LogP contribution in [0.3, 0.4) is 0 Å². The topological polar surface area (TPSA) is 58.2 Å². The molecule has 1 fully saturated rings. The lowest BCUT2D eigenvalue weighted by atomic mass is 9.99. The molecule has 1 heterocycles. The fraction of sp³-hybridized carbons (Fsp3) is 1.00. The number of hydrogen-bond donors (Lipinski definition) is 2. The highest BCUT2D eigenvalue weighted by Gasteiger charge is 2.36. The van der Waals surface area contributed by atoms with Gasteiger partial charge in [-0.3, -0.25) is 0 Å². The molecule has 1 aliphatic rings. The second kappa shape index (κ2) is 5.93. The number of hydrogen-bond acceptors (Lipinski definition) is 3. The predicted octanol–water partition coefficient (Wildman–Crippen LogP) is 0.0581. The maximum Gasteiger partial charge on any atom is 0.242 e. The van der Waals surface area contributed by atoms with Gasteiger partial charge in [0.05, 0.1) is 5.75 Å². The lowest BCUT2D eigenvalue weighted by molar-refractivity contribution is 0.0690. The van der Waals surface area contributed by atoms with Gasteiger partial charge in [-0.05, 0) is 19.5 Å². The van der Waals surface area contributed by atoms with Crippen molar-refractivity contribution in [2.45, 2.75) is 6.43 Å². The first-order valence-electron chi connectivity index (χ1n) is 4.36. The first-order chi connectivity index (χ1) is 6.46. The highest BCUT2D eigenvalue weighted by molar-refractivity contribution is 7.89. The summed E-state index contributed by atoms with van der Waals surface area (Å²) in [6, 6.07) is 0. The lowest BCUT2D eigenvalue weighted by Crippen LogP contribution is -2.32. The average molecular weight is 265 g/mol. The molecule has 0 bridgehead atoms. The molecule has 0 aromatic rings. The van der Waals surface area contributed by atoms with Crippen molar-refractivity contribution in [3.05, 3.63) is 0 Å². The Kier molecular flexibility index (Phi) is 5.94. The Labute approximate surface area is 94.3 Å². The Bertz CT molecular complexity index is 287. The highest BCUT2D eigenvalue weighted by atomic mass is 35.5. The summed E-state index contributed by atoms with van der Waals surface area (Å²) < 4.78 is 49.2. The second-order valence-corrected chi connectivity index (χ2v) is 5.37. The van der Waals surface area contributed by atoms with Crippen molar-refractivity contribution >= 4 is 22.4 Å². The summed E-state index contributed by atoms with van der Waals surface area (Å²) in [6.45, 7) is 0.539. The van der Waals surface area contributed by atoms with E-state index in [4.69, 9.17) is 0 Å². The summed E-state index contributed by atoms with van der Waals surface area (Å²) in [6.07, 6.45) is -2.46. The number of nitrogens with one attached hydrogen (secondary N) is 2. The molecule has 4 nitrogen and oxygen atoms in total. The Morgan fingerprint density at radius 3 is 2.53 bits per heavy atom. The minimum absolute atomic E-state index is 0. The third-order valence-electron chi connectivity index (χ3n) is 2.46. The van der Waals surface area contributed by atoms with E-state index in [2.05, 4.69) is 10.0 Å². The van der Waals surface area contributed by atoms with Crippen molar-refractivity contribution in [1.29, 1.82) is 0 Å². The van der Waals surface area contributed by atoms with Gasteiger partial charge in [0, 0.05) is 12.5 Å². The van der Waals surface area contributed by atoms with E-state index in [1.54, 1.807) is 0 Å². The molecular weight excluding hydrogens is 250 g/mol. The van der Waals surface area contributed by atoms with Crippen LogP contribution in [-0.2, 0) is 10.0 Å². The fourth-order valence-electron chi connectivity index (χ4n) is 1.60. The van der Waals surface area contributed by atoms with Gasteiger partial charge >= 0.3 is 0 Å². The molecule has 0 aromatic carbocycles. The Morgan fingerprint density at radius 1 is 1.47 bits per heavy atom. The predicted molar refractivity (Wildman–Crippen MR) is 55.9 cm³/mol. The van der Waals surface area contributed by atoms with Gasteiger partial charge in [-0.25, -0.2) is 21.9 Å². The fourth-order valence-corrected chi connectivity index (χ4v) is 2.69. The molecule has 2 unspecified atom stereocenters. The van der Waals surface area contributed by atoms with E-state index in [1.165, 1.54) is 7.05 Å². The molecule has 1 aliphatic heterocycles. The van der Waals surface area contributed by atoms with Crippen LogP contribution in [0.1, 0.15) is 0 Å². The summed E-state index contributed by atoms with van der Waals surface area (Å²) in [5.41, 5.74) is 0. The molecule has 2 N–H and O–H groups in total. The number of alkyl halides is 2. The van der Waals surface area contributed by atoms with Gasteiger partial charge in [0.15, 0.2) is 0 Å². The molecule has 15 heavy (non-hydrogen) atoms. The highest BCUT2D eigenvalue weighted by Crippen LogP contribution is 2.24. The van der Waals surface area contributed by atoms with Gasteiger partial charge in [-0.2, -0.15) is 0 Å². The Hall–Kier alpha value is 0.0200. The van der Waals surface area contributed by atoms with Crippen LogP contribution >= 0.6 is 12.4 Å². The van der Waals surface area contributed by atoms with Crippen molar-refractivity contribution in [2.75, 3.05) is 25.9 Å². The summed E-state index contributed by atoms with van der Waals surface area (Å²) in [4.78, 5) is 0. The smallest absolute Gasteiger partial charge is 0.242 e. The van der Waals surface area contributed by atoms with Crippen molar-refractivity contribution in [3.63, 3.8) is 0 Å². The summed E-state index contributed by atoms with van der Waals surface area (Å²) in [7, 11) is -2.11. The van der Waals surface area contributed by atoms with E-state index in [0.29, 0.717) is 6.54 Å². The lowest BCUT2D eigenvalue weighted by Gasteiger charge is -2.16. The van der Waals surface area contributed by atoms with Crippen molar-refractivity contribution in [1.82, 2.24) is 10.0 Å². The molecule has 0 amide bonds. The standard InChI is InChI=1S/C7H14F2N2O2S.ClH/c1-10-14(12,13)4-5-2-11-3-6(5)7(8)9;/h5-7,10-11H,2-4H2,1H3;1H. The third-order valence-corrected chi connectivity index (χ3v) is 3.95. The van der Waals surface area contributed by atoms with Gasteiger partial charge in [-0.1, -0.05) is 0 Å². The minimum atomic E-state index is -3.39. The third kappa shape index (κ3) is 4.18. The molecule has 0 aliphatic carbocycles. The molecule has 0 aromatic heterocycles. The molecule has 2 atom stereocenters. The largest absolute Gasteiger partial charge is 0.316 e. The number of rotatable bonds is 4. The van der Waals surface area contributed by atoms with E-state index in [0.717, 1.165) is 0 Å². The van der Waals surface area contributed by atoms with E-state index in [9.17, 15) is 17.2 Å². The zero-order valence-electron chi connectivity index (χ0n) is 8.24. The maximum absolute atomic E-state index is 12.4. The van der Waals surface area contributed by atoms with Crippen LogP contribution in [0.5, 0.6) is 0 Å². The van der Waals surface area contributed by atoms with E-state index in [-0.39, 0.29) is 24.7 Å². The van der Waals surface area contributed by atoms with E-state index < -0.39 is 28.3 Å². The molecule has 0 spiro atoms. The summed E-state index contributed by atoms with van der Waals surface area (Å²) >= 11 is 0. The van der Waals surface area contributed by atoms with Crippen molar-refractivity contribution < 1.29 is 17.2 Å². The van der Waals surface area contributed by atoms with Crippen LogP contribution < -0.4 is 10.0 Å². The Balaban J connectivity index is 0.00000196. The molecule has 1 saturated heterocycles. The summed E-state index contributed by atoms with van der Waals surface area (Å²) in [5.74, 6) is -1.57. The monoisotopic (exact) mass is 264 g/mol. The molecule has 0 radical (unpaired) electrons. The van der Waals surface area contributed by atoms with Crippen molar-refractivity contribution in [2.24, 2.45) is 11.8 Å². The normalized spacial score (nSPS) is 26.7. The van der Waals surface area contributed by atoms with Crippen LogP contribution in [-0.4, -0.2) is 40.7 Å². The molecule has 1 rings (SSSR count). The van der Waals surface area contributed by atoms with Crippen LogP contribution in [0.25, 0.3) is 0 Å². The average Bonchev–Trinajstić information content (AvgIpc) is 2.51. The van der Waals surface area contributed by atoms with Crippen molar-refractivity contribution in [3.8, 4) is 0 Å². The molecule has 8 heteroatoms. The van der Waals surface area contributed by atoms with Crippen LogP contribution in [0.15, 0.2) is 0 Å². The zero-order chi connectivity index (χ0) is 10.8. The van der Waals surface area contributed by atoms with E-state index in [1.807, 2.05) is 0 Å². The minimum Gasteiger partial charge on any atom is -0.316 e. The zero-order valence-corrected chi connectivity index (χ0v) is 9.88. The number of halogens is 3. The van der Waals surface area contributed by atoms with Gasteiger partial charge in [-0.15, -0.1) is 12.4 Å². The van der Waals surface area contributed by atoms with Gasteiger partial charge in [0.2, 0.25) is 16.4 Å². The first-order valence-corrected chi connectivity index (χ1v) is 6.01.